The molecule has 0 unspecified atom stereocenters. The molecule has 136 valence electrons. The molecule has 0 heterocycles. The third-order valence-electron chi connectivity index (χ3n) is 3.34. The number of amides is 3. The van der Waals surface area contributed by atoms with Crippen LogP contribution in [-0.2, 0) is 4.79 Å². The highest BCUT2D eigenvalue weighted by molar-refractivity contribution is 5.94. The monoisotopic (exact) mass is 359 g/mol. The second kappa shape index (κ2) is 9.16. The van der Waals surface area contributed by atoms with E-state index in [1.54, 1.807) is 18.2 Å². The van der Waals surface area contributed by atoms with Crippen molar-refractivity contribution in [3.63, 3.8) is 0 Å². The van der Waals surface area contributed by atoms with Crippen LogP contribution in [0.5, 0.6) is 5.75 Å². The van der Waals surface area contributed by atoms with E-state index in [9.17, 15) is 18.8 Å². The van der Waals surface area contributed by atoms with Gasteiger partial charge in [-0.15, -0.1) is 0 Å². The minimum Gasteiger partial charge on any atom is -0.484 e. The van der Waals surface area contributed by atoms with Gasteiger partial charge < -0.3 is 21.1 Å². The fourth-order valence-corrected chi connectivity index (χ4v) is 2.06. The summed E-state index contributed by atoms with van der Waals surface area (Å²) in [7, 11) is 0. The Morgan fingerprint density at radius 1 is 1.00 bits per heavy atom. The number of halogens is 1. The molecule has 2 aromatic rings. The summed E-state index contributed by atoms with van der Waals surface area (Å²) in [5, 5.41) is 5.05. The summed E-state index contributed by atoms with van der Waals surface area (Å²) in [6.45, 7) is 0.0310. The van der Waals surface area contributed by atoms with Crippen molar-refractivity contribution < 1.29 is 23.5 Å². The molecule has 0 bridgehead atoms. The number of carbonyl (C=O) groups is 3. The zero-order valence-corrected chi connectivity index (χ0v) is 13.8. The van der Waals surface area contributed by atoms with E-state index in [-0.39, 0.29) is 30.8 Å². The van der Waals surface area contributed by atoms with Gasteiger partial charge in [0.05, 0.1) is 5.56 Å². The molecule has 0 aliphatic rings. The summed E-state index contributed by atoms with van der Waals surface area (Å²) in [6, 6.07) is 11.8. The van der Waals surface area contributed by atoms with Gasteiger partial charge in [0.1, 0.15) is 11.6 Å². The number of nitrogens with one attached hydrogen (secondary N) is 2. The van der Waals surface area contributed by atoms with Crippen molar-refractivity contribution in [1.29, 1.82) is 0 Å². The van der Waals surface area contributed by atoms with Crippen LogP contribution in [0.2, 0.25) is 0 Å². The van der Waals surface area contributed by atoms with Crippen molar-refractivity contribution in [1.82, 2.24) is 10.6 Å². The number of hydrogen-bond donors (Lipinski definition) is 3. The first kappa shape index (κ1) is 18.9. The number of nitrogens with two attached hydrogens (primary N) is 1. The van der Waals surface area contributed by atoms with E-state index in [1.807, 2.05) is 0 Å². The average molecular weight is 359 g/mol. The van der Waals surface area contributed by atoms with E-state index in [0.29, 0.717) is 5.75 Å². The minimum atomic E-state index is -0.611. The smallest absolute Gasteiger partial charge is 0.258 e. The normalized spacial score (nSPS) is 10.0. The van der Waals surface area contributed by atoms with Crippen LogP contribution in [0.25, 0.3) is 0 Å². The Balaban J connectivity index is 1.69. The molecule has 0 aliphatic heterocycles. The molecular formula is C18H18FN3O4. The van der Waals surface area contributed by atoms with Crippen molar-refractivity contribution in [2.75, 3.05) is 19.7 Å². The lowest BCUT2D eigenvalue weighted by Crippen LogP contribution is -2.37. The molecule has 8 heteroatoms. The molecule has 2 rings (SSSR count). The van der Waals surface area contributed by atoms with Gasteiger partial charge in [-0.25, -0.2) is 4.39 Å². The molecule has 0 aromatic heterocycles. The predicted molar refractivity (Wildman–Crippen MR) is 92.2 cm³/mol. The molecule has 0 saturated carbocycles. The van der Waals surface area contributed by atoms with Gasteiger partial charge in [-0.2, -0.15) is 0 Å². The molecular weight excluding hydrogens is 341 g/mol. The number of ether oxygens (including phenoxy) is 1. The largest absolute Gasteiger partial charge is 0.484 e. The highest BCUT2D eigenvalue weighted by Gasteiger charge is 2.10. The molecule has 0 spiro atoms. The first-order chi connectivity index (χ1) is 12.5. The Labute approximate surface area is 149 Å². The van der Waals surface area contributed by atoms with Crippen molar-refractivity contribution >= 4 is 17.7 Å². The lowest BCUT2D eigenvalue weighted by molar-refractivity contribution is -0.123. The molecule has 2 aromatic carbocycles. The van der Waals surface area contributed by atoms with Gasteiger partial charge in [-0.1, -0.05) is 18.2 Å². The van der Waals surface area contributed by atoms with Crippen LogP contribution in [0.3, 0.4) is 0 Å². The maximum Gasteiger partial charge on any atom is 0.258 e. The van der Waals surface area contributed by atoms with Crippen molar-refractivity contribution in [2.45, 2.75) is 0 Å². The van der Waals surface area contributed by atoms with Gasteiger partial charge in [-0.3, -0.25) is 14.4 Å². The average Bonchev–Trinajstić information content (AvgIpc) is 2.64. The van der Waals surface area contributed by atoms with Crippen LogP contribution < -0.4 is 21.1 Å². The lowest BCUT2D eigenvalue weighted by atomic mass is 10.2. The fourth-order valence-electron chi connectivity index (χ4n) is 2.06. The number of benzene rings is 2. The number of hydrogen-bond acceptors (Lipinski definition) is 4. The molecule has 7 nitrogen and oxygen atoms in total. The summed E-state index contributed by atoms with van der Waals surface area (Å²) in [5.74, 6) is -1.83. The molecule has 0 radical (unpaired) electrons. The Kier molecular flexibility index (Phi) is 6.67. The summed E-state index contributed by atoms with van der Waals surface area (Å²) >= 11 is 0. The second-order valence-electron chi connectivity index (χ2n) is 5.27. The molecule has 0 fully saturated rings. The Bertz CT molecular complexity index is 811. The number of primary amides is 1. The van der Waals surface area contributed by atoms with Crippen molar-refractivity contribution in [3.8, 4) is 5.75 Å². The van der Waals surface area contributed by atoms with Crippen LogP contribution in [0.4, 0.5) is 4.39 Å². The van der Waals surface area contributed by atoms with E-state index in [1.165, 1.54) is 30.3 Å². The number of carbonyl (C=O) groups excluding carboxylic acids is 3. The van der Waals surface area contributed by atoms with Gasteiger partial charge in [0, 0.05) is 18.7 Å². The SMILES string of the molecule is NC(=O)c1cccc(OCC(=O)NCCNC(=O)c2ccccc2F)c1. The van der Waals surface area contributed by atoms with Gasteiger partial charge in [0.25, 0.3) is 11.8 Å². The van der Waals surface area contributed by atoms with Gasteiger partial charge in [-0.05, 0) is 30.3 Å². The first-order valence-electron chi connectivity index (χ1n) is 7.79. The molecule has 26 heavy (non-hydrogen) atoms. The fraction of sp³-hybridized carbons (Fsp3) is 0.167. The first-order valence-corrected chi connectivity index (χ1v) is 7.79. The van der Waals surface area contributed by atoms with Crippen LogP contribution in [0.1, 0.15) is 20.7 Å². The van der Waals surface area contributed by atoms with Crippen LogP contribution in [-0.4, -0.2) is 37.4 Å². The van der Waals surface area contributed by atoms with E-state index in [2.05, 4.69) is 10.6 Å². The summed E-state index contributed by atoms with van der Waals surface area (Å²) in [6.07, 6.45) is 0. The van der Waals surface area contributed by atoms with Gasteiger partial charge >= 0.3 is 0 Å². The van der Waals surface area contributed by atoms with Crippen LogP contribution >= 0.6 is 0 Å². The Hall–Kier alpha value is -3.42. The van der Waals surface area contributed by atoms with E-state index >= 15 is 0 Å². The Morgan fingerprint density at radius 3 is 2.46 bits per heavy atom. The molecule has 0 aliphatic carbocycles. The Morgan fingerprint density at radius 2 is 1.73 bits per heavy atom. The van der Waals surface area contributed by atoms with E-state index in [4.69, 9.17) is 10.5 Å². The quantitative estimate of drug-likeness (QED) is 0.607. The molecule has 4 N–H and O–H groups in total. The summed E-state index contributed by atoms with van der Waals surface area (Å²) in [5.41, 5.74) is 5.38. The molecule has 0 atom stereocenters. The zero-order valence-electron chi connectivity index (χ0n) is 13.8. The topological polar surface area (TPSA) is 111 Å². The summed E-state index contributed by atoms with van der Waals surface area (Å²) < 4.78 is 18.7. The lowest BCUT2D eigenvalue weighted by Gasteiger charge is -2.09. The van der Waals surface area contributed by atoms with Crippen LogP contribution in [0.15, 0.2) is 48.5 Å². The second-order valence-corrected chi connectivity index (χ2v) is 5.27. The zero-order chi connectivity index (χ0) is 18.9. The summed E-state index contributed by atoms with van der Waals surface area (Å²) in [4.78, 5) is 34.6. The maximum absolute atomic E-state index is 13.4. The highest BCUT2D eigenvalue weighted by Crippen LogP contribution is 2.12. The van der Waals surface area contributed by atoms with Crippen molar-refractivity contribution in [3.05, 3.63) is 65.5 Å². The van der Waals surface area contributed by atoms with Gasteiger partial charge in [0.15, 0.2) is 6.61 Å². The van der Waals surface area contributed by atoms with Gasteiger partial charge in [0.2, 0.25) is 5.91 Å². The minimum absolute atomic E-state index is 0.0588. The van der Waals surface area contributed by atoms with E-state index in [0.717, 1.165) is 0 Å². The molecule has 3 amide bonds. The third-order valence-corrected chi connectivity index (χ3v) is 3.34. The predicted octanol–water partition coefficient (Wildman–Crippen LogP) is 0.850. The number of rotatable bonds is 8. The highest BCUT2D eigenvalue weighted by atomic mass is 19.1. The maximum atomic E-state index is 13.4. The third kappa shape index (κ3) is 5.59. The standard InChI is InChI=1S/C18H18FN3O4/c19-15-7-2-1-6-14(15)18(25)22-9-8-21-16(23)11-26-13-5-3-4-12(10-13)17(20)24/h1-7,10H,8-9,11H2,(H2,20,24)(H,21,23)(H,22,25). The van der Waals surface area contributed by atoms with E-state index < -0.39 is 23.5 Å². The van der Waals surface area contributed by atoms with Crippen LogP contribution in [0, 0.1) is 5.82 Å². The molecule has 0 saturated heterocycles. The van der Waals surface area contributed by atoms with Crippen molar-refractivity contribution in [2.24, 2.45) is 5.73 Å².